The molecule has 0 spiro atoms. The van der Waals surface area contributed by atoms with Gasteiger partial charge in [-0.1, -0.05) is 17.7 Å². The van der Waals surface area contributed by atoms with Gasteiger partial charge in [0.15, 0.2) is 5.82 Å². The molecule has 0 bridgehead atoms. The van der Waals surface area contributed by atoms with Gasteiger partial charge in [0.2, 0.25) is 0 Å². The number of rotatable bonds is 3. The van der Waals surface area contributed by atoms with Gasteiger partial charge in [-0.3, -0.25) is 4.79 Å². The number of benzene rings is 1. The molecule has 104 valence electrons. The van der Waals surface area contributed by atoms with Crippen molar-refractivity contribution in [1.29, 1.82) is 0 Å². The quantitative estimate of drug-likeness (QED) is 0.897. The summed E-state index contributed by atoms with van der Waals surface area (Å²) in [5.74, 6) is -0.763. The van der Waals surface area contributed by atoms with Gasteiger partial charge in [0.05, 0.1) is 16.7 Å². The highest BCUT2D eigenvalue weighted by Crippen LogP contribution is 2.23. The average Bonchev–Trinajstić information content (AvgIpc) is 2.41. The molecule has 0 heterocycles. The number of aliphatic hydroxyl groups is 1. The van der Waals surface area contributed by atoms with Crippen molar-refractivity contribution in [1.82, 2.24) is 5.32 Å². The number of carbonyl (C=O) groups excluding carboxylic acids is 1. The van der Waals surface area contributed by atoms with Crippen molar-refractivity contribution in [3.63, 3.8) is 0 Å². The molecule has 0 atom stereocenters. The Labute approximate surface area is 116 Å². The van der Waals surface area contributed by atoms with Crippen LogP contribution >= 0.6 is 11.6 Å². The van der Waals surface area contributed by atoms with Crippen molar-refractivity contribution in [3.8, 4) is 0 Å². The Balaban J connectivity index is 1.89. The van der Waals surface area contributed by atoms with Crippen molar-refractivity contribution in [2.75, 3.05) is 6.54 Å². The van der Waals surface area contributed by atoms with Crippen LogP contribution in [-0.4, -0.2) is 23.7 Å². The van der Waals surface area contributed by atoms with Crippen LogP contribution in [0.1, 0.15) is 36.0 Å². The van der Waals surface area contributed by atoms with Gasteiger partial charge in [0.25, 0.3) is 5.91 Å². The summed E-state index contributed by atoms with van der Waals surface area (Å²) in [5.41, 5.74) is -0.0247. The van der Waals surface area contributed by atoms with Gasteiger partial charge in [-0.2, -0.15) is 0 Å². The van der Waals surface area contributed by atoms with E-state index in [-0.39, 0.29) is 16.7 Å². The lowest BCUT2D eigenvalue weighted by Crippen LogP contribution is -2.32. The van der Waals surface area contributed by atoms with Crippen molar-refractivity contribution < 1.29 is 14.3 Å². The van der Waals surface area contributed by atoms with Gasteiger partial charge in [-0.05, 0) is 43.7 Å². The third-order valence-electron chi connectivity index (χ3n) is 3.56. The fraction of sp³-hybridized carbons (Fsp3) is 0.500. The van der Waals surface area contributed by atoms with Crippen LogP contribution in [0.3, 0.4) is 0 Å². The van der Waals surface area contributed by atoms with Crippen LogP contribution in [0.15, 0.2) is 18.2 Å². The fourth-order valence-electron chi connectivity index (χ4n) is 2.36. The van der Waals surface area contributed by atoms with E-state index in [1.54, 1.807) is 6.07 Å². The molecule has 1 aliphatic rings. The third kappa shape index (κ3) is 3.67. The van der Waals surface area contributed by atoms with Gasteiger partial charge in [-0.15, -0.1) is 0 Å². The molecule has 0 radical (unpaired) electrons. The minimum absolute atomic E-state index is 0.0247. The van der Waals surface area contributed by atoms with E-state index >= 15 is 0 Å². The van der Waals surface area contributed by atoms with E-state index < -0.39 is 11.7 Å². The molecule has 0 unspecified atom stereocenters. The summed E-state index contributed by atoms with van der Waals surface area (Å²) in [7, 11) is 0. The zero-order valence-electron chi connectivity index (χ0n) is 10.5. The van der Waals surface area contributed by atoms with Gasteiger partial charge >= 0.3 is 0 Å². The molecule has 2 N–H and O–H groups in total. The lowest BCUT2D eigenvalue weighted by molar-refractivity contribution is 0.0907. The van der Waals surface area contributed by atoms with E-state index in [0.717, 1.165) is 25.7 Å². The van der Waals surface area contributed by atoms with Crippen LogP contribution in [0.2, 0.25) is 5.02 Å². The molecule has 0 aliphatic heterocycles. The summed E-state index contributed by atoms with van der Waals surface area (Å²) in [5, 5.41) is 12.1. The van der Waals surface area contributed by atoms with E-state index in [2.05, 4.69) is 5.32 Å². The Morgan fingerprint density at radius 1 is 1.37 bits per heavy atom. The van der Waals surface area contributed by atoms with Crippen molar-refractivity contribution in [2.24, 2.45) is 5.92 Å². The Morgan fingerprint density at radius 2 is 2.05 bits per heavy atom. The number of amides is 1. The molecular weight excluding hydrogens is 269 g/mol. The number of aliphatic hydroxyl groups excluding tert-OH is 1. The SMILES string of the molecule is O=C(NCC1CCC(O)CC1)c1cccc(Cl)c1F. The maximum atomic E-state index is 13.6. The first kappa shape index (κ1) is 14.3. The Hall–Kier alpha value is -1.13. The number of carbonyl (C=O) groups is 1. The summed E-state index contributed by atoms with van der Waals surface area (Å²) >= 11 is 5.64. The molecule has 19 heavy (non-hydrogen) atoms. The maximum absolute atomic E-state index is 13.6. The minimum atomic E-state index is -0.680. The first-order chi connectivity index (χ1) is 9.08. The van der Waals surface area contributed by atoms with Crippen molar-refractivity contribution >= 4 is 17.5 Å². The van der Waals surface area contributed by atoms with E-state index in [1.807, 2.05) is 0 Å². The smallest absolute Gasteiger partial charge is 0.254 e. The van der Waals surface area contributed by atoms with Gasteiger partial charge in [0.1, 0.15) is 0 Å². The molecule has 3 nitrogen and oxygen atoms in total. The summed E-state index contributed by atoms with van der Waals surface area (Å²) in [6, 6.07) is 4.38. The molecule has 2 rings (SSSR count). The Morgan fingerprint density at radius 3 is 2.74 bits per heavy atom. The fourth-order valence-corrected chi connectivity index (χ4v) is 2.53. The number of nitrogens with one attached hydrogen (secondary N) is 1. The molecule has 1 saturated carbocycles. The first-order valence-electron chi connectivity index (χ1n) is 6.48. The number of hydrogen-bond donors (Lipinski definition) is 2. The molecular formula is C14H17ClFNO2. The average molecular weight is 286 g/mol. The minimum Gasteiger partial charge on any atom is -0.393 e. The predicted molar refractivity (Wildman–Crippen MR) is 71.7 cm³/mol. The van der Waals surface area contributed by atoms with E-state index in [1.165, 1.54) is 12.1 Å². The van der Waals surface area contributed by atoms with Gasteiger partial charge in [-0.25, -0.2) is 4.39 Å². The molecule has 1 amide bonds. The molecule has 1 aromatic rings. The van der Waals surface area contributed by atoms with Crippen LogP contribution in [0.4, 0.5) is 4.39 Å². The van der Waals surface area contributed by atoms with Crippen LogP contribution in [0.25, 0.3) is 0 Å². The van der Waals surface area contributed by atoms with Crippen LogP contribution in [0.5, 0.6) is 0 Å². The second-order valence-corrected chi connectivity index (χ2v) is 5.39. The molecule has 0 aromatic heterocycles. The predicted octanol–water partition coefficient (Wildman–Crippen LogP) is 2.76. The van der Waals surface area contributed by atoms with Gasteiger partial charge < -0.3 is 10.4 Å². The van der Waals surface area contributed by atoms with E-state index in [9.17, 15) is 14.3 Å². The maximum Gasteiger partial charge on any atom is 0.254 e. The summed E-state index contributed by atoms with van der Waals surface area (Å²) in [6.07, 6.45) is 3.11. The topological polar surface area (TPSA) is 49.3 Å². The largest absolute Gasteiger partial charge is 0.393 e. The van der Waals surface area contributed by atoms with E-state index in [4.69, 9.17) is 11.6 Å². The highest BCUT2D eigenvalue weighted by molar-refractivity contribution is 6.31. The van der Waals surface area contributed by atoms with Crippen LogP contribution in [-0.2, 0) is 0 Å². The molecule has 5 heteroatoms. The summed E-state index contributed by atoms with van der Waals surface area (Å²) in [4.78, 5) is 11.9. The summed E-state index contributed by atoms with van der Waals surface area (Å²) < 4.78 is 13.6. The zero-order chi connectivity index (χ0) is 13.8. The van der Waals surface area contributed by atoms with Gasteiger partial charge in [0, 0.05) is 6.54 Å². The molecule has 0 saturated heterocycles. The van der Waals surface area contributed by atoms with Crippen LogP contribution < -0.4 is 5.32 Å². The standard InChI is InChI=1S/C14H17ClFNO2/c15-12-3-1-2-11(13(12)16)14(19)17-8-9-4-6-10(18)7-5-9/h1-3,9-10,18H,4-8H2,(H,17,19). The Kier molecular flexibility index (Phi) is 4.77. The van der Waals surface area contributed by atoms with Crippen molar-refractivity contribution in [3.05, 3.63) is 34.6 Å². The first-order valence-corrected chi connectivity index (χ1v) is 6.86. The molecule has 1 aromatic carbocycles. The summed E-state index contributed by atoms with van der Waals surface area (Å²) in [6.45, 7) is 0.511. The lowest BCUT2D eigenvalue weighted by atomic mass is 9.87. The number of hydrogen-bond acceptors (Lipinski definition) is 2. The second kappa shape index (κ2) is 6.35. The molecule has 1 aliphatic carbocycles. The highest BCUT2D eigenvalue weighted by Gasteiger charge is 2.21. The lowest BCUT2D eigenvalue weighted by Gasteiger charge is -2.25. The highest BCUT2D eigenvalue weighted by atomic mass is 35.5. The van der Waals surface area contributed by atoms with Crippen molar-refractivity contribution in [2.45, 2.75) is 31.8 Å². The number of halogens is 2. The molecule has 1 fully saturated rings. The Bertz CT molecular complexity index is 459. The third-order valence-corrected chi connectivity index (χ3v) is 3.86. The monoisotopic (exact) mass is 285 g/mol. The normalized spacial score (nSPS) is 23.1. The second-order valence-electron chi connectivity index (χ2n) is 4.99. The van der Waals surface area contributed by atoms with E-state index in [0.29, 0.717) is 12.5 Å². The zero-order valence-corrected chi connectivity index (χ0v) is 11.3. The van der Waals surface area contributed by atoms with Crippen LogP contribution in [0, 0.1) is 11.7 Å².